The van der Waals surface area contributed by atoms with Gasteiger partial charge in [0.25, 0.3) is 0 Å². The van der Waals surface area contributed by atoms with Gasteiger partial charge in [0.2, 0.25) is 11.9 Å². The maximum Gasteiger partial charge on any atom is 0.243 e. The van der Waals surface area contributed by atoms with Crippen molar-refractivity contribution in [2.45, 2.75) is 20.4 Å². The molecule has 22 heavy (non-hydrogen) atoms. The molecule has 3 aromatic rings. The number of hydrogen-bond acceptors (Lipinski definition) is 5. The quantitative estimate of drug-likeness (QED) is 0.674. The second-order valence-electron chi connectivity index (χ2n) is 5.38. The molecule has 0 amide bonds. The first-order valence-corrected chi connectivity index (χ1v) is 7.07. The van der Waals surface area contributed by atoms with Crippen LogP contribution in [0.5, 0.6) is 0 Å². The van der Waals surface area contributed by atoms with Gasteiger partial charge in [-0.1, -0.05) is 6.07 Å². The molecule has 3 N–H and O–H groups in total. The normalized spacial score (nSPS) is 10.7. The largest absolute Gasteiger partial charge is 0.349 e. The van der Waals surface area contributed by atoms with E-state index in [-0.39, 0.29) is 0 Å². The minimum atomic E-state index is 0.552. The average Bonchev–Trinajstić information content (AvgIpc) is 3.04. The highest BCUT2D eigenvalue weighted by atomic mass is 15.3. The number of aryl methyl sites for hydroxylation is 3. The molecule has 0 aliphatic rings. The van der Waals surface area contributed by atoms with Crippen LogP contribution < -0.4 is 10.6 Å². The third kappa shape index (κ3) is 3.43. The highest BCUT2D eigenvalue weighted by Gasteiger charge is 2.04. The Hall–Kier alpha value is -2.83. The van der Waals surface area contributed by atoms with E-state index in [0.717, 1.165) is 11.3 Å². The van der Waals surface area contributed by atoms with Crippen molar-refractivity contribution in [2.75, 3.05) is 10.6 Å². The van der Waals surface area contributed by atoms with Crippen LogP contribution in [0.3, 0.4) is 0 Å². The summed E-state index contributed by atoms with van der Waals surface area (Å²) in [5.41, 5.74) is 4.48. The van der Waals surface area contributed by atoms with Crippen LogP contribution in [-0.4, -0.2) is 25.0 Å². The minimum absolute atomic E-state index is 0.552. The average molecular weight is 297 g/mol. The van der Waals surface area contributed by atoms with E-state index >= 15 is 0 Å². The fourth-order valence-corrected chi connectivity index (χ4v) is 2.32. The van der Waals surface area contributed by atoms with Gasteiger partial charge in [-0.3, -0.25) is 4.68 Å². The molecule has 0 aliphatic heterocycles. The SMILES string of the molecule is Cc1cc(C)cc(Nc2nc(NCc3cnn(C)c3)n[nH]2)c1. The zero-order valence-corrected chi connectivity index (χ0v) is 12.9. The number of anilines is 3. The Morgan fingerprint density at radius 3 is 2.64 bits per heavy atom. The van der Waals surface area contributed by atoms with Crippen molar-refractivity contribution in [1.82, 2.24) is 25.0 Å². The molecule has 114 valence electrons. The Labute approximate surface area is 128 Å². The predicted molar refractivity (Wildman–Crippen MR) is 86.1 cm³/mol. The highest BCUT2D eigenvalue weighted by Crippen LogP contribution is 2.17. The van der Waals surface area contributed by atoms with Gasteiger partial charge in [-0.2, -0.15) is 10.1 Å². The Morgan fingerprint density at radius 2 is 1.95 bits per heavy atom. The van der Waals surface area contributed by atoms with Crippen LogP contribution in [-0.2, 0) is 13.6 Å². The first-order valence-electron chi connectivity index (χ1n) is 7.07. The van der Waals surface area contributed by atoms with Crippen molar-refractivity contribution in [3.8, 4) is 0 Å². The van der Waals surface area contributed by atoms with Crippen LogP contribution >= 0.6 is 0 Å². The number of nitrogens with one attached hydrogen (secondary N) is 3. The van der Waals surface area contributed by atoms with Crippen LogP contribution in [0.2, 0.25) is 0 Å². The van der Waals surface area contributed by atoms with Gasteiger partial charge in [-0.05, 0) is 37.1 Å². The van der Waals surface area contributed by atoms with Gasteiger partial charge in [0.1, 0.15) is 0 Å². The number of rotatable bonds is 5. The van der Waals surface area contributed by atoms with Crippen LogP contribution in [0.15, 0.2) is 30.6 Å². The van der Waals surface area contributed by atoms with E-state index in [0.29, 0.717) is 18.4 Å². The molecule has 7 nitrogen and oxygen atoms in total. The lowest BCUT2D eigenvalue weighted by Crippen LogP contribution is -2.00. The molecule has 7 heteroatoms. The maximum absolute atomic E-state index is 4.37. The van der Waals surface area contributed by atoms with Crippen molar-refractivity contribution >= 4 is 17.6 Å². The molecular formula is C15H19N7. The second kappa shape index (κ2) is 5.88. The van der Waals surface area contributed by atoms with E-state index < -0.39 is 0 Å². The van der Waals surface area contributed by atoms with Gasteiger partial charge in [0.15, 0.2) is 0 Å². The van der Waals surface area contributed by atoms with E-state index in [4.69, 9.17) is 0 Å². The molecule has 0 spiro atoms. The van der Waals surface area contributed by atoms with Crippen molar-refractivity contribution in [2.24, 2.45) is 7.05 Å². The molecule has 0 saturated heterocycles. The third-order valence-corrected chi connectivity index (χ3v) is 3.18. The third-order valence-electron chi connectivity index (χ3n) is 3.18. The first kappa shape index (κ1) is 14.1. The van der Waals surface area contributed by atoms with Crippen LogP contribution in [0.1, 0.15) is 16.7 Å². The van der Waals surface area contributed by atoms with E-state index in [2.05, 4.69) is 63.0 Å². The zero-order valence-electron chi connectivity index (χ0n) is 12.9. The number of nitrogens with zero attached hydrogens (tertiary/aromatic N) is 4. The van der Waals surface area contributed by atoms with Crippen molar-refractivity contribution in [3.05, 3.63) is 47.3 Å². The monoisotopic (exact) mass is 297 g/mol. The van der Waals surface area contributed by atoms with E-state index in [1.165, 1.54) is 11.1 Å². The van der Waals surface area contributed by atoms with Gasteiger partial charge in [-0.15, -0.1) is 5.10 Å². The molecule has 0 unspecified atom stereocenters. The number of aromatic nitrogens is 5. The minimum Gasteiger partial charge on any atom is -0.349 e. The lowest BCUT2D eigenvalue weighted by molar-refractivity contribution is 0.767. The molecular weight excluding hydrogens is 278 g/mol. The summed E-state index contributed by atoms with van der Waals surface area (Å²) in [7, 11) is 1.89. The second-order valence-corrected chi connectivity index (χ2v) is 5.38. The smallest absolute Gasteiger partial charge is 0.243 e. The van der Waals surface area contributed by atoms with E-state index in [1.807, 2.05) is 19.4 Å². The Balaban J connectivity index is 1.63. The van der Waals surface area contributed by atoms with Crippen LogP contribution in [0, 0.1) is 13.8 Å². The highest BCUT2D eigenvalue weighted by molar-refractivity contribution is 5.56. The summed E-state index contributed by atoms with van der Waals surface area (Å²) in [6.07, 6.45) is 3.77. The summed E-state index contributed by atoms with van der Waals surface area (Å²) >= 11 is 0. The lowest BCUT2D eigenvalue weighted by atomic mass is 10.1. The van der Waals surface area contributed by atoms with Gasteiger partial charge in [-0.25, -0.2) is 5.10 Å². The standard InChI is InChI=1S/C15H19N7/c1-10-4-11(2)6-13(5-10)18-15-19-14(20-21-15)16-7-12-8-17-22(3)9-12/h4-6,8-9H,7H2,1-3H3,(H3,16,18,19,20,21). The van der Waals surface area contributed by atoms with Gasteiger partial charge in [0, 0.05) is 31.0 Å². The molecule has 2 heterocycles. The summed E-state index contributed by atoms with van der Waals surface area (Å²) in [4.78, 5) is 4.37. The van der Waals surface area contributed by atoms with Crippen molar-refractivity contribution in [3.63, 3.8) is 0 Å². The van der Waals surface area contributed by atoms with Crippen molar-refractivity contribution < 1.29 is 0 Å². The lowest BCUT2D eigenvalue weighted by Gasteiger charge is -2.05. The molecule has 0 saturated carbocycles. The van der Waals surface area contributed by atoms with Gasteiger partial charge in [0.05, 0.1) is 6.20 Å². The molecule has 3 rings (SSSR count). The molecule has 0 radical (unpaired) electrons. The summed E-state index contributed by atoms with van der Waals surface area (Å²) in [6, 6.07) is 6.27. The fourth-order valence-electron chi connectivity index (χ4n) is 2.32. The van der Waals surface area contributed by atoms with Crippen molar-refractivity contribution in [1.29, 1.82) is 0 Å². The van der Waals surface area contributed by atoms with Crippen LogP contribution in [0.4, 0.5) is 17.6 Å². The number of hydrogen-bond donors (Lipinski definition) is 3. The fraction of sp³-hybridized carbons (Fsp3) is 0.267. The topological polar surface area (TPSA) is 83.4 Å². The molecule has 0 aliphatic carbocycles. The zero-order chi connectivity index (χ0) is 15.5. The Kier molecular flexibility index (Phi) is 3.78. The number of benzene rings is 1. The molecule has 1 aromatic carbocycles. The summed E-state index contributed by atoms with van der Waals surface area (Å²) in [5.74, 6) is 1.16. The van der Waals surface area contributed by atoms with Crippen LogP contribution in [0.25, 0.3) is 0 Å². The van der Waals surface area contributed by atoms with E-state index in [9.17, 15) is 0 Å². The maximum atomic E-state index is 4.37. The summed E-state index contributed by atoms with van der Waals surface area (Å²) in [5, 5.41) is 17.5. The molecule has 0 atom stereocenters. The van der Waals surface area contributed by atoms with Gasteiger partial charge < -0.3 is 10.6 Å². The van der Waals surface area contributed by atoms with Gasteiger partial charge >= 0.3 is 0 Å². The number of H-pyrrole nitrogens is 1. The number of aromatic amines is 1. The molecule has 2 aromatic heterocycles. The Bertz CT molecular complexity index is 752. The molecule has 0 fully saturated rings. The predicted octanol–water partition coefficient (Wildman–Crippen LogP) is 2.51. The summed E-state index contributed by atoms with van der Waals surface area (Å²) < 4.78 is 1.77. The summed E-state index contributed by atoms with van der Waals surface area (Å²) in [6.45, 7) is 4.77. The molecule has 0 bridgehead atoms. The first-order chi connectivity index (χ1) is 10.6. The Morgan fingerprint density at radius 1 is 1.18 bits per heavy atom. The van der Waals surface area contributed by atoms with E-state index in [1.54, 1.807) is 4.68 Å².